The first-order valence-corrected chi connectivity index (χ1v) is 5.15. The molecule has 1 aliphatic heterocycles. The first-order valence-electron chi connectivity index (χ1n) is 4.35. The van der Waals surface area contributed by atoms with Crippen LogP contribution in [0.3, 0.4) is 0 Å². The molecule has 2 heterocycles. The Hall–Kier alpha value is -1.04. The average Bonchev–Trinajstić information content (AvgIpc) is 2.39. The van der Waals surface area contributed by atoms with Crippen LogP contribution in [0.4, 0.5) is 0 Å². The SMILES string of the molecule is O=c1[nH]c(=O)n2c(c1Br)OCCCC2. The molecule has 0 saturated heterocycles. The van der Waals surface area contributed by atoms with E-state index in [2.05, 4.69) is 20.9 Å². The summed E-state index contributed by atoms with van der Waals surface area (Å²) in [5.74, 6) is 0.344. The van der Waals surface area contributed by atoms with Crippen molar-refractivity contribution >= 4 is 15.9 Å². The zero-order valence-electron chi connectivity index (χ0n) is 7.38. The van der Waals surface area contributed by atoms with Crippen LogP contribution in [0.15, 0.2) is 14.1 Å². The number of nitrogens with zero attached hydrogens (tertiary/aromatic N) is 1. The van der Waals surface area contributed by atoms with E-state index in [9.17, 15) is 9.59 Å². The molecule has 0 fully saturated rings. The molecule has 0 bridgehead atoms. The van der Waals surface area contributed by atoms with Crippen LogP contribution in [0.25, 0.3) is 0 Å². The molecule has 0 spiro atoms. The molecule has 1 N–H and O–H groups in total. The van der Waals surface area contributed by atoms with Gasteiger partial charge in [-0.25, -0.2) is 4.79 Å². The van der Waals surface area contributed by atoms with Crippen molar-refractivity contribution < 1.29 is 4.74 Å². The predicted molar refractivity (Wildman–Crippen MR) is 53.8 cm³/mol. The molecule has 0 saturated carbocycles. The van der Waals surface area contributed by atoms with Crippen LogP contribution >= 0.6 is 15.9 Å². The third-order valence-electron chi connectivity index (χ3n) is 2.11. The summed E-state index contributed by atoms with van der Waals surface area (Å²) in [7, 11) is 0. The molecule has 0 amide bonds. The van der Waals surface area contributed by atoms with E-state index in [0.717, 1.165) is 12.8 Å². The Balaban J connectivity index is 2.69. The first kappa shape index (κ1) is 9.51. The van der Waals surface area contributed by atoms with Crippen molar-refractivity contribution in [2.24, 2.45) is 0 Å². The van der Waals surface area contributed by atoms with Crippen molar-refractivity contribution in [2.45, 2.75) is 19.4 Å². The van der Waals surface area contributed by atoms with Crippen molar-refractivity contribution in [3.63, 3.8) is 0 Å². The van der Waals surface area contributed by atoms with Crippen LogP contribution in [0.2, 0.25) is 0 Å². The molecular weight excluding hydrogens is 252 g/mol. The number of hydrogen-bond acceptors (Lipinski definition) is 3. The summed E-state index contributed by atoms with van der Waals surface area (Å²) in [6.07, 6.45) is 1.77. The van der Waals surface area contributed by atoms with Crippen LogP contribution in [0.5, 0.6) is 5.88 Å². The summed E-state index contributed by atoms with van der Waals surface area (Å²) in [6, 6.07) is 0. The molecule has 0 unspecified atom stereocenters. The number of nitrogens with one attached hydrogen (secondary N) is 1. The van der Waals surface area contributed by atoms with Gasteiger partial charge in [0.1, 0.15) is 4.47 Å². The summed E-state index contributed by atoms with van der Waals surface area (Å²) >= 11 is 3.11. The third kappa shape index (κ3) is 1.50. The maximum atomic E-state index is 11.4. The highest BCUT2D eigenvalue weighted by molar-refractivity contribution is 9.10. The summed E-state index contributed by atoms with van der Waals surface area (Å²) in [6.45, 7) is 1.13. The van der Waals surface area contributed by atoms with Gasteiger partial charge in [-0.15, -0.1) is 0 Å². The molecule has 0 aromatic carbocycles. The van der Waals surface area contributed by atoms with Crippen molar-refractivity contribution in [3.8, 4) is 5.88 Å². The average molecular weight is 261 g/mol. The van der Waals surface area contributed by atoms with Gasteiger partial charge >= 0.3 is 5.69 Å². The van der Waals surface area contributed by atoms with Gasteiger partial charge in [0.25, 0.3) is 5.56 Å². The molecule has 1 aromatic heterocycles. The number of fused-ring (bicyclic) bond motifs is 1. The number of aromatic nitrogens is 2. The number of hydrogen-bond donors (Lipinski definition) is 1. The Morgan fingerprint density at radius 2 is 2.14 bits per heavy atom. The number of aromatic amines is 1. The van der Waals surface area contributed by atoms with Gasteiger partial charge in [0.2, 0.25) is 5.88 Å². The molecule has 0 radical (unpaired) electrons. The quantitative estimate of drug-likeness (QED) is 0.738. The monoisotopic (exact) mass is 260 g/mol. The lowest BCUT2D eigenvalue weighted by Crippen LogP contribution is -2.31. The van der Waals surface area contributed by atoms with Gasteiger partial charge < -0.3 is 4.74 Å². The van der Waals surface area contributed by atoms with E-state index in [4.69, 9.17) is 4.74 Å². The smallest absolute Gasteiger partial charge is 0.331 e. The van der Waals surface area contributed by atoms with Gasteiger partial charge in [-0.2, -0.15) is 0 Å². The van der Waals surface area contributed by atoms with Crippen molar-refractivity contribution in [1.82, 2.24) is 9.55 Å². The van der Waals surface area contributed by atoms with E-state index in [-0.39, 0.29) is 0 Å². The molecule has 0 atom stereocenters. The molecule has 14 heavy (non-hydrogen) atoms. The Morgan fingerprint density at radius 3 is 2.93 bits per heavy atom. The van der Waals surface area contributed by atoms with Gasteiger partial charge in [-0.3, -0.25) is 14.3 Å². The summed E-state index contributed by atoms with van der Waals surface area (Å²) in [5, 5.41) is 0. The number of halogens is 1. The highest BCUT2D eigenvalue weighted by Gasteiger charge is 2.16. The summed E-state index contributed by atoms with van der Waals surface area (Å²) in [4.78, 5) is 24.8. The van der Waals surface area contributed by atoms with E-state index < -0.39 is 11.2 Å². The second-order valence-corrected chi connectivity index (χ2v) is 3.88. The maximum absolute atomic E-state index is 11.4. The lowest BCUT2D eigenvalue weighted by atomic mass is 10.3. The lowest BCUT2D eigenvalue weighted by Gasteiger charge is -2.09. The van der Waals surface area contributed by atoms with E-state index in [1.54, 1.807) is 0 Å². The minimum Gasteiger partial charge on any atom is -0.478 e. The Kier molecular flexibility index (Phi) is 2.45. The number of H-pyrrole nitrogens is 1. The molecule has 6 heteroatoms. The fourth-order valence-corrected chi connectivity index (χ4v) is 1.84. The minimum absolute atomic E-state index is 0.291. The Morgan fingerprint density at radius 1 is 1.36 bits per heavy atom. The number of rotatable bonds is 0. The number of ether oxygens (including phenoxy) is 1. The van der Waals surface area contributed by atoms with E-state index in [0.29, 0.717) is 23.5 Å². The van der Waals surface area contributed by atoms with Crippen molar-refractivity contribution in [3.05, 3.63) is 25.3 Å². The van der Waals surface area contributed by atoms with Gasteiger partial charge in [-0.1, -0.05) is 0 Å². The van der Waals surface area contributed by atoms with Crippen LogP contribution in [-0.4, -0.2) is 16.2 Å². The fraction of sp³-hybridized carbons (Fsp3) is 0.500. The molecule has 1 aromatic rings. The fourth-order valence-electron chi connectivity index (χ4n) is 1.41. The molecule has 5 nitrogen and oxygen atoms in total. The molecular formula is C8H9BrN2O3. The van der Waals surface area contributed by atoms with Gasteiger partial charge in [0.15, 0.2) is 0 Å². The minimum atomic E-state index is -0.442. The van der Waals surface area contributed by atoms with E-state index in [1.807, 2.05) is 0 Å². The van der Waals surface area contributed by atoms with Gasteiger partial charge in [0.05, 0.1) is 6.61 Å². The standard InChI is InChI=1S/C8H9BrN2O3/c9-5-6(12)10-8(13)11-3-1-2-4-14-7(5)11/h1-4H2,(H,10,12,13). The highest BCUT2D eigenvalue weighted by atomic mass is 79.9. The third-order valence-corrected chi connectivity index (χ3v) is 2.81. The van der Waals surface area contributed by atoms with E-state index in [1.165, 1.54) is 4.57 Å². The highest BCUT2D eigenvalue weighted by Crippen LogP contribution is 2.21. The lowest BCUT2D eigenvalue weighted by molar-refractivity contribution is 0.299. The Bertz CT molecular complexity index is 463. The van der Waals surface area contributed by atoms with Gasteiger partial charge in [-0.05, 0) is 28.8 Å². The van der Waals surface area contributed by atoms with Crippen LogP contribution in [-0.2, 0) is 6.54 Å². The van der Waals surface area contributed by atoms with Gasteiger partial charge in [0, 0.05) is 6.54 Å². The zero-order valence-corrected chi connectivity index (χ0v) is 8.96. The summed E-state index contributed by atoms with van der Waals surface area (Å²) < 4.78 is 7.07. The van der Waals surface area contributed by atoms with Crippen molar-refractivity contribution in [2.75, 3.05) is 6.61 Å². The molecule has 76 valence electrons. The van der Waals surface area contributed by atoms with Crippen LogP contribution in [0.1, 0.15) is 12.8 Å². The topological polar surface area (TPSA) is 64.1 Å². The predicted octanol–water partition coefficient (Wildman–Crippen LogP) is 0.472. The second-order valence-electron chi connectivity index (χ2n) is 3.09. The first-order chi connectivity index (χ1) is 6.70. The van der Waals surface area contributed by atoms with E-state index >= 15 is 0 Å². The molecule has 1 aliphatic rings. The van der Waals surface area contributed by atoms with Crippen LogP contribution in [0, 0.1) is 0 Å². The zero-order chi connectivity index (χ0) is 10.1. The molecule has 2 rings (SSSR count). The van der Waals surface area contributed by atoms with Crippen LogP contribution < -0.4 is 16.0 Å². The summed E-state index contributed by atoms with van der Waals surface area (Å²) in [5.41, 5.74) is -0.849. The molecule has 0 aliphatic carbocycles. The Labute approximate surface area is 87.8 Å². The maximum Gasteiger partial charge on any atom is 0.331 e. The van der Waals surface area contributed by atoms with Crippen molar-refractivity contribution in [1.29, 1.82) is 0 Å². The largest absolute Gasteiger partial charge is 0.478 e. The normalized spacial score (nSPS) is 15.5. The second kappa shape index (κ2) is 3.61.